The molecule has 8 heteroatoms. The lowest BCUT2D eigenvalue weighted by Gasteiger charge is -2.20. The lowest BCUT2D eigenvalue weighted by molar-refractivity contribution is -0.123. The molecule has 26 heavy (non-hydrogen) atoms. The third kappa shape index (κ3) is 5.62. The molecule has 0 aliphatic heterocycles. The number of nitrogens with one attached hydrogen (secondary N) is 2. The van der Waals surface area contributed by atoms with Gasteiger partial charge in [-0.1, -0.05) is 18.2 Å². The summed E-state index contributed by atoms with van der Waals surface area (Å²) in [5, 5.41) is 2.82. The van der Waals surface area contributed by atoms with E-state index in [1.807, 2.05) is 19.2 Å². The second kappa shape index (κ2) is 9.25. The average molecular weight is 397 g/mol. The zero-order valence-corrected chi connectivity index (χ0v) is 16.7. The third-order valence-corrected chi connectivity index (χ3v) is 5.96. The topological polar surface area (TPSA) is 88.4 Å². The van der Waals surface area contributed by atoms with Gasteiger partial charge in [-0.05, 0) is 56.5 Å². The minimum absolute atomic E-state index is 0.136. The van der Waals surface area contributed by atoms with Gasteiger partial charge in [0.2, 0.25) is 15.9 Å². The van der Waals surface area contributed by atoms with E-state index in [9.17, 15) is 13.2 Å². The third-order valence-electron chi connectivity index (χ3n) is 3.82. The van der Waals surface area contributed by atoms with Crippen molar-refractivity contribution in [2.75, 3.05) is 12.0 Å². The van der Waals surface area contributed by atoms with Crippen molar-refractivity contribution in [1.29, 1.82) is 0 Å². The molecule has 2 rings (SSSR count). The monoisotopic (exact) mass is 396 g/mol. The number of sulfonamides is 1. The normalized spacial score (nSPS) is 14.0. The van der Waals surface area contributed by atoms with E-state index in [0.717, 1.165) is 5.76 Å². The highest BCUT2D eigenvalue weighted by molar-refractivity contribution is 7.98. The largest absolute Gasteiger partial charge is 0.464 e. The molecule has 0 aliphatic rings. The first kappa shape index (κ1) is 20.5. The molecule has 0 fully saturated rings. The molecule has 0 aliphatic carbocycles. The first-order valence-electron chi connectivity index (χ1n) is 8.26. The maximum Gasteiger partial charge on any atom is 0.241 e. The van der Waals surface area contributed by atoms with E-state index in [2.05, 4.69) is 10.0 Å². The van der Waals surface area contributed by atoms with Gasteiger partial charge in [0.1, 0.15) is 17.6 Å². The maximum absolute atomic E-state index is 12.7. The Morgan fingerprint density at radius 1 is 1.19 bits per heavy atom. The summed E-state index contributed by atoms with van der Waals surface area (Å²) < 4.78 is 33.1. The number of carbonyl (C=O) groups excluding carboxylic acids is 1. The van der Waals surface area contributed by atoms with E-state index in [0.29, 0.717) is 17.9 Å². The number of furan rings is 1. The van der Waals surface area contributed by atoms with Crippen molar-refractivity contribution in [2.45, 2.75) is 37.2 Å². The first-order valence-corrected chi connectivity index (χ1v) is 11.1. The number of aryl methyl sites for hydroxylation is 1. The summed E-state index contributed by atoms with van der Waals surface area (Å²) in [6.07, 6.45) is 2.30. The number of rotatable bonds is 9. The van der Waals surface area contributed by atoms with Gasteiger partial charge in [0.15, 0.2) is 0 Å². The van der Waals surface area contributed by atoms with Crippen LogP contribution in [-0.4, -0.2) is 32.4 Å². The maximum atomic E-state index is 12.7. The van der Waals surface area contributed by atoms with Crippen molar-refractivity contribution < 1.29 is 17.6 Å². The van der Waals surface area contributed by atoms with Gasteiger partial charge in [-0.15, -0.1) is 0 Å². The lowest BCUT2D eigenvalue weighted by Crippen LogP contribution is -2.47. The fourth-order valence-corrected chi connectivity index (χ4v) is 4.13. The smallest absolute Gasteiger partial charge is 0.241 e. The molecule has 0 spiro atoms. The molecule has 0 unspecified atom stereocenters. The molecular formula is C18H24N2O4S2. The summed E-state index contributed by atoms with van der Waals surface area (Å²) in [6, 6.07) is 10.4. The Hall–Kier alpha value is -1.77. The standard InChI is InChI=1S/C18H24N2O4S2/c1-13-9-10-17(24-13)14(2)19-18(21)16(11-12-25-3)20-26(22,23)15-7-5-4-6-8-15/h4-10,14,16,20H,11-12H2,1-3H3,(H,19,21)/t14-,16+/m0/s1. The van der Waals surface area contributed by atoms with E-state index in [1.54, 1.807) is 43.0 Å². The number of amides is 1. The van der Waals surface area contributed by atoms with Gasteiger partial charge < -0.3 is 9.73 Å². The van der Waals surface area contributed by atoms with E-state index < -0.39 is 16.1 Å². The van der Waals surface area contributed by atoms with Gasteiger partial charge in [-0.2, -0.15) is 16.5 Å². The number of hydrogen-bond donors (Lipinski definition) is 2. The van der Waals surface area contributed by atoms with Crippen LogP contribution in [0.5, 0.6) is 0 Å². The molecule has 1 heterocycles. The van der Waals surface area contributed by atoms with Crippen molar-refractivity contribution in [3.63, 3.8) is 0 Å². The van der Waals surface area contributed by atoms with Crippen molar-refractivity contribution in [3.05, 3.63) is 54.0 Å². The number of benzene rings is 1. The molecule has 2 N–H and O–H groups in total. The highest BCUT2D eigenvalue weighted by Crippen LogP contribution is 2.17. The highest BCUT2D eigenvalue weighted by atomic mass is 32.2. The summed E-state index contributed by atoms with van der Waals surface area (Å²) in [5.74, 6) is 1.67. The van der Waals surface area contributed by atoms with E-state index in [1.165, 1.54) is 12.1 Å². The van der Waals surface area contributed by atoms with Gasteiger partial charge in [-0.3, -0.25) is 4.79 Å². The SMILES string of the molecule is CSCC[C@@H](NS(=O)(=O)c1ccccc1)C(=O)N[C@@H](C)c1ccc(C)o1. The highest BCUT2D eigenvalue weighted by Gasteiger charge is 2.27. The van der Waals surface area contributed by atoms with Crippen molar-refractivity contribution in [3.8, 4) is 0 Å². The zero-order valence-electron chi connectivity index (χ0n) is 15.1. The predicted octanol–water partition coefficient (Wildman–Crippen LogP) is 2.87. The second-order valence-electron chi connectivity index (χ2n) is 5.95. The van der Waals surface area contributed by atoms with Crippen LogP contribution < -0.4 is 10.0 Å². The summed E-state index contributed by atoms with van der Waals surface area (Å²) in [7, 11) is -3.77. The molecular weight excluding hydrogens is 372 g/mol. The fraction of sp³-hybridized carbons (Fsp3) is 0.389. The van der Waals surface area contributed by atoms with Crippen LogP contribution in [0.3, 0.4) is 0 Å². The Bertz CT molecular complexity index is 819. The van der Waals surface area contributed by atoms with Crippen LogP contribution in [0.25, 0.3) is 0 Å². The molecule has 2 aromatic rings. The van der Waals surface area contributed by atoms with Crippen molar-refractivity contribution in [1.82, 2.24) is 10.0 Å². The number of hydrogen-bond acceptors (Lipinski definition) is 5. The molecule has 2 atom stereocenters. The van der Waals surface area contributed by atoms with Gasteiger partial charge in [0, 0.05) is 0 Å². The summed E-state index contributed by atoms with van der Waals surface area (Å²) in [5.41, 5.74) is 0. The fourth-order valence-electron chi connectivity index (χ4n) is 2.41. The molecule has 0 saturated heterocycles. The van der Waals surface area contributed by atoms with E-state index >= 15 is 0 Å². The number of carbonyl (C=O) groups is 1. The minimum Gasteiger partial charge on any atom is -0.464 e. The summed E-state index contributed by atoms with van der Waals surface area (Å²) >= 11 is 1.55. The average Bonchev–Trinajstić information content (AvgIpc) is 3.05. The lowest BCUT2D eigenvalue weighted by atomic mass is 10.2. The molecule has 0 saturated carbocycles. The van der Waals surface area contributed by atoms with E-state index in [4.69, 9.17) is 4.42 Å². The Morgan fingerprint density at radius 3 is 2.46 bits per heavy atom. The van der Waals surface area contributed by atoms with Crippen molar-refractivity contribution >= 4 is 27.7 Å². The quantitative estimate of drug-likeness (QED) is 0.680. The van der Waals surface area contributed by atoms with Gasteiger partial charge in [0.05, 0.1) is 10.9 Å². The second-order valence-corrected chi connectivity index (χ2v) is 8.65. The van der Waals surface area contributed by atoms with Crippen LogP contribution in [0.1, 0.15) is 30.9 Å². The van der Waals surface area contributed by atoms with Crippen LogP contribution in [-0.2, 0) is 14.8 Å². The molecule has 6 nitrogen and oxygen atoms in total. The zero-order chi connectivity index (χ0) is 19.2. The Morgan fingerprint density at radius 2 is 1.88 bits per heavy atom. The molecule has 1 amide bonds. The van der Waals surface area contributed by atoms with Gasteiger partial charge in [0.25, 0.3) is 0 Å². The first-order chi connectivity index (χ1) is 12.3. The Balaban J connectivity index is 2.11. The Labute approximate surface area is 158 Å². The number of thioether (sulfide) groups is 1. The van der Waals surface area contributed by atoms with Crippen LogP contribution >= 0.6 is 11.8 Å². The van der Waals surface area contributed by atoms with Crippen LogP contribution in [0, 0.1) is 6.92 Å². The molecule has 1 aromatic carbocycles. The van der Waals surface area contributed by atoms with Crippen LogP contribution in [0.15, 0.2) is 51.8 Å². The minimum atomic E-state index is -3.77. The van der Waals surface area contributed by atoms with Crippen molar-refractivity contribution in [2.24, 2.45) is 0 Å². The van der Waals surface area contributed by atoms with Crippen LogP contribution in [0.2, 0.25) is 0 Å². The van der Waals surface area contributed by atoms with Crippen LogP contribution in [0.4, 0.5) is 0 Å². The molecule has 1 aromatic heterocycles. The Kier molecular flexibility index (Phi) is 7.31. The predicted molar refractivity (Wildman–Crippen MR) is 104 cm³/mol. The van der Waals surface area contributed by atoms with E-state index in [-0.39, 0.29) is 16.8 Å². The summed E-state index contributed by atoms with van der Waals surface area (Å²) in [4.78, 5) is 12.8. The van der Waals surface area contributed by atoms with Gasteiger partial charge >= 0.3 is 0 Å². The summed E-state index contributed by atoms with van der Waals surface area (Å²) in [6.45, 7) is 3.63. The molecule has 0 radical (unpaired) electrons. The molecule has 0 bridgehead atoms. The molecule has 142 valence electrons. The van der Waals surface area contributed by atoms with Gasteiger partial charge in [-0.25, -0.2) is 8.42 Å².